The van der Waals surface area contributed by atoms with Crippen molar-refractivity contribution in [1.82, 2.24) is 19.1 Å². The lowest BCUT2D eigenvalue weighted by Gasteiger charge is -2.04. The zero-order valence-corrected chi connectivity index (χ0v) is 13.1. The molecule has 124 valence electrons. The Labute approximate surface area is 135 Å². The van der Waals surface area contributed by atoms with Crippen LogP contribution in [0, 0.1) is 0 Å². The molecule has 0 radical (unpaired) electrons. The van der Waals surface area contributed by atoms with Crippen LogP contribution in [0.4, 0.5) is 5.95 Å². The molecule has 3 aromatic rings. The second-order valence-electron chi connectivity index (χ2n) is 5.14. The topological polar surface area (TPSA) is 117 Å². The molecule has 0 spiro atoms. The Hall–Kier alpha value is -3.36. The van der Waals surface area contributed by atoms with Crippen LogP contribution < -0.4 is 16.7 Å². The summed E-state index contributed by atoms with van der Waals surface area (Å²) in [6.07, 6.45) is 1.52. The highest BCUT2D eigenvalue weighted by Gasteiger charge is 2.15. The van der Waals surface area contributed by atoms with Crippen LogP contribution in [0.2, 0.25) is 0 Å². The highest BCUT2D eigenvalue weighted by atomic mass is 16.3. The fourth-order valence-electron chi connectivity index (χ4n) is 2.40. The maximum Gasteiger partial charge on any atom is 0.329 e. The molecule has 24 heavy (non-hydrogen) atoms. The minimum Gasteiger partial charge on any atom is -0.508 e. The molecule has 0 aliphatic rings. The molecular formula is C15H16N6O3. The molecule has 3 N–H and O–H groups in total. The quantitative estimate of drug-likeness (QED) is 0.479. The molecule has 0 saturated heterocycles. The zero-order valence-electron chi connectivity index (χ0n) is 13.1. The molecule has 0 unspecified atom stereocenters. The molecule has 2 aromatic heterocycles. The fraction of sp³-hybridized carbons (Fsp3) is 0.200. The minimum atomic E-state index is -0.525. The molecular weight excluding hydrogens is 312 g/mol. The van der Waals surface area contributed by atoms with Crippen molar-refractivity contribution in [2.24, 2.45) is 12.1 Å². The van der Waals surface area contributed by atoms with E-state index in [1.54, 1.807) is 28.8 Å². The molecule has 0 atom stereocenters. The van der Waals surface area contributed by atoms with Crippen molar-refractivity contribution in [2.45, 2.75) is 13.5 Å². The van der Waals surface area contributed by atoms with E-state index in [0.717, 1.165) is 0 Å². The van der Waals surface area contributed by atoms with Crippen molar-refractivity contribution >= 4 is 23.3 Å². The number of benzene rings is 1. The van der Waals surface area contributed by atoms with Gasteiger partial charge in [0.1, 0.15) is 5.75 Å². The van der Waals surface area contributed by atoms with Crippen LogP contribution in [0.3, 0.4) is 0 Å². The number of aryl methyl sites for hydroxylation is 2. The van der Waals surface area contributed by atoms with E-state index >= 15 is 0 Å². The average molecular weight is 328 g/mol. The Morgan fingerprint density at radius 3 is 2.92 bits per heavy atom. The van der Waals surface area contributed by atoms with Gasteiger partial charge in [0.15, 0.2) is 11.2 Å². The first-order valence-electron chi connectivity index (χ1n) is 7.29. The number of hydrogen-bond donors (Lipinski definition) is 3. The van der Waals surface area contributed by atoms with E-state index in [9.17, 15) is 14.7 Å². The highest BCUT2D eigenvalue weighted by Crippen LogP contribution is 2.15. The molecule has 0 aliphatic heterocycles. The lowest BCUT2D eigenvalue weighted by atomic mass is 10.2. The maximum absolute atomic E-state index is 12.1. The van der Waals surface area contributed by atoms with Crippen molar-refractivity contribution in [3.8, 4) is 5.75 Å². The van der Waals surface area contributed by atoms with Gasteiger partial charge in [-0.25, -0.2) is 10.2 Å². The number of hydrogen-bond acceptors (Lipinski definition) is 6. The third-order valence-corrected chi connectivity index (χ3v) is 3.57. The number of anilines is 1. The Morgan fingerprint density at radius 2 is 2.21 bits per heavy atom. The fourth-order valence-corrected chi connectivity index (χ4v) is 2.40. The van der Waals surface area contributed by atoms with E-state index in [4.69, 9.17) is 0 Å². The zero-order chi connectivity index (χ0) is 17.3. The smallest absolute Gasteiger partial charge is 0.329 e. The SMILES string of the molecule is CCn1c(N/N=C\c2cccc(O)c2)nc2c1c(=O)[nH]c(=O)n2C. The molecule has 0 saturated carbocycles. The van der Waals surface area contributed by atoms with E-state index in [0.29, 0.717) is 23.6 Å². The Balaban J connectivity index is 2.01. The van der Waals surface area contributed by atoms with E-state index in [-0.39, 0.29) is 11.4 Å². The number of nitrogens with one attached hydrogen (secondary N) is 2. The van der Waals surface area contributed by atoms with Crippen LogP contribution in [0.25, 0.3) is 11.2 Å². The molecule has 0 fully saturated rings. The molecule has 9 heteroatoms. The van der Waals surface area contributed by atoms with Gasteiger partial charge in [0.05, 0.1) is 6.21 Å². The number of aromatic nitrogens is 4. The highest BCUT2D eigenvalue weighted by molar-refractivity contribution is 5.81. The summed E-state index contributed by atoms with van der Waals surface area (Å²) in [5.74, 6) is 0.483. The second kappa shape index (κ2) is 6.03. The summed E-state index contributed by atoms with van der Waals surface area (Å²) < 4.78 is 2.90. The van der Waals surface area contributed by atoms with Crippen molar-refractivity contribution in [3.05, 3.63) is 50.7 Å². The van der Waals surface area contributed by atoms with Crippen molar-refractivity contribution < 1.29 is 5.11 Å². The van der Waals surface area contributed by atoms with Gasteiger partial charge in [0.25, 0.3) is 5.56 Å². The predicted octanol–water partition coefficient (Wildman–Crippen LogP) is 0.595. The van der Waals surface area contributed by atoms with E-state index in [2.05, 4.69) is 20.5 Å². The van der Waals surface area contributed by atoms with Crippen LogP contribution in [-0.2, 0) is 13.6 Å². The van der Waals surface area contributed by atoms with Gasteiger partial charge in [-0.2, -0.15) is 10.1 Å². The van der Waals surface area contributed by atoms with Gasteiger partial charge < -0.3 is 9.67 Å². The standard InChI is InChI=1S/C15H16N6O3/c1-3-21-11-12(20(2)15(24)18-13(11)23)17-14(21)19-16-8-9-5-4-6-10(22)7-9/h4-8,22H,3H2,1-2H3,(H,17,19)(H,18,23,24)/b16-8-. The largest absolute Gasteiger partial charge is 0.508 e. The maximum atomic E-state index is 12.1. The number of aromatic hydroxyl groups is 1. The third-order valence-electron chi connectivity index (χ3n) is 3.57. The number of rotatable bonds is 4. The predicted molar refractivity (Wildman–Crippen MR) is 90.6 cm³/mol. The van der Waals surface area contributed by atoms with Gasteiger partial charge in [-0.05, 0) is 24.6 Å². The van der Waals surface area contributed by atoms with Crippen LogP contribution in [0.15, 0.2) is 39.0 Å². The van der Waals surface area contributed by atoms with E-state index in [1.807, 2.05) is 6.92 Å². The van der Waals surface area contributed by atoms with Gasteiger partial charge in [0, 0.05) is 13.6 Å². The molecule has 0 aliphatic carbocycles. The first-order valence-corrected chi connectivity index (χ1v) is 7.29. The molecule has 3 rings (SSSR count). The second-order valence-corrected chi connectivity index (χ2v) is 5.14. The summed E-state index contributed by atoms with van der Waals surface area (Å²) >= 11 is 0. The number of H-pyrrole nitrogens is 1. The molecule has 0 amide bonds. The monoisotopic (exact) mass is 328 g/mol. The number of imidazole rings is 1. The molecule has 2 heterocycles. The van der Waals surface area contributed by atoms with E-state index in [1.165, 1.54) is 17.8 Å². The van der Waals surface area contributed by atoms with Gasteiger partial charge >= 0.3 is 5.69 Å². The van der Waals surface area contributed by atoms with Gasteiger partial charge in [-0.3, -0.25) is 14.3 Å². The lowest BCUT2D eigenvalue weighted by Crippen LogP contribution is -2.29. The van der Waals surface area contributed by atoms with Crippen molar-refractivity contribution in [3.63, 3.8) is 0 Å². The van der Waals surface area contributed by atoms with E-state index < -0.39 is 11.2 Å². The number of aromatic amines is 1. The number of nitrogens with zero attached hydrogens (tertiary/aromatic N) is 4. The summed E-state index contributed by atoms with van der Waals surface area (Å²) in [6.45, 7) is 2.33. The Morgan fingerprint density at radius 1 is 1.42 bits per heavy atom. The molecule has 1 aromatic carbocycles. The van der Waals surface area contributed by atoms with Crippen LogP contribution in [0.5, 0.6) is 5.75 Å². The Bertz CT molecular complexity index is 1040. The van der Waals surface area contributed by atoms with Gasteiger partial charge in [0.2, 0.25) is 5.95 Å². The summed E-state index contributed by atoms with van der Waals surface area (Å²) in [6, 6.07) is 6.60. The first-order chi connectivity index (χ1) is 11.5. The summed E-state index contributed by atoms with van der Waals surface area (Å²) in [7, 11) is 1.54. The Kier molecular flexibility index (Phi) is 3.90. The van der Waals surface area contributed by atoms with Gasteiger partial charge in [-0.15, -0.1) is 0 Å². The summed E-state index contributed by atoms with van der Waals surface area (Å²) in [5, 5.41) is 13.5. The molecule has 9 nitrogen and oxygen atoms in total. The minimum absolute atomic E-state index is 0.140. The first kappa shape index (κ1) is 15.5. The lowest BCUT2D eigenvalue weighted by molar-refractivity contribution is 0.475. The van der Waals surface area contributed by atoms with Crippen molar-refractivity contribution in [2.75, 3.05) is 5.43 Å². The molecule has 0 bridgehead atoms. The van der Waals surface area contributed by atoms with Crippen LogP contribution in [-0.4, -0.2) is 30.4 Å². The third kappa shape index (κ3) is 2.67. The number of hydrazone groups is 1. The van der Waals surface area contributed by atoms with Crippen LogP contribution >= 0.6 is 0 Å². The summed E-state index contributed by atoms with van der Waals surface area (Å²) in [5.41, 5.74) is 3.03. The summed E-state index contributed by atoms with van der Waals surface area (Å²) in [4.78, 5) is 30.3. The number of phenolic OH excluding ortho intramolecular Hbond substituents is 1. The average Bonchev–Trinajstić information content (AvgIpc) is 2.92. The van der Waals surface area contributed by atoms with Crippen molar-refractivity contribution in [1.29, 1.82) is 0 Å². The number of fused-ring (bicyclic) bond motifs is 1. The number of phenols is 1. The normalized spacial score (nSPS) is 11.4. The van der Waals surface area contributed by atoms with Crippen LogP contribution in [0.1, 0.15) is 12.5 Å². The van der Waals surface area contributed by atoms with Gasteiger partial charge in [-0.1, -0.05) is 12.1 Å².